The molecule has 0 aliphatic heterocycles. The van der Waals surface area contributed by atoms with E-state index in [0.29, 0.717) is 42.1 Å². The largest absolute Gasteiger partial charge is 0.497 e. The second-order valence-electron chi connectivity index (χ2n) is 8.85. The summed E-state index contributed by atoms with van der Waals surface area (Å²) in [5.74, 6) is 0.383. The normalized spacial score (nSPS) is 11.1. The van der Waals surface area contributed by atoms with Crippen molar-refractivity contribution in [3.63, 3.8) is 0 Å². The van der Waals surface area contributed by atoms with E-state index in [1.54, 1.807) is 25.4 Å². The number of hydrogen-bond donors (Lipinski definition) is 0. The van der Waals surface area contributed by atoms with E-state index in [4.69, 9.17) is 9.84 Å². The minimum absolute atomic E-state index is 0.170. The highest BCUT2D eigenvalue weighted by Crippen LogP contribution is 2.26. The molecule has 0 bridgehead atoms. The molecule has 4 rings (SSSR count). The van der Waals surface area contributed by atoms with Crippen molar-refractivity contribution in [1.82, 2.24) is 19.7 Å². The van der Waals surface area contributed by atoms with Crippen molar-refractivity contribution in [1.29, 1.82) is 0 Å². The summed E-state index contributed by atoms with van der Waals surface area (Å²) in [6.07, 6.45) is 2.91. The van der Waals surface area contributed by atoms with Crippen molar-refractivity contribution in [2.45, 2.75) is 26.3 Å². The molecule has 0 radical (unpaired) electrons. The van der Waals surface area contributed by atoms with Gasteiger partial charge in [-0.15, -0.1) is 0 Å². The Bertz CT molecular complexity index is 1370. The molecule has 0 fully saturated rings. The van der Waals surface area contributed by atoms with Gasteiger partial charge in [0.15, 0.2) is 0 Å². The number of hydrogen-bond acceptors (Lipinski definition) is 5. The van der Waals surface area contributed by atoms with Crippen molar-refractivity contribution in [2.75, 3.05) is 27.2 Å². The van der Waals surface area contributed by atoms with E-state index < -0.39 is 0 Å². The van der Waals surface area contributed by atoms with Crippen LogP contribution in [0.5, 0.6) is 5.75 Å². The fourth-order valence-electron chi connectivity index (χ4n) is 4.19. The van der Waals surface area contributed by atoms with Gasteiger partial charge >= 0.3 is 0 Å². The Labute approximate surface area is 211 Å². The van der Waals surface area contributed by atoms with Gasteiger partial charge in [0, 0.05) is 37.8 Å². The van der Waals surface area contributed by atoms with Gasteiger partial charge in [-0.1, -0.05) is 36.4 Å². The Kier molecular flexibility index (Phi) is 8.23. The molecule has 2 aromatic heterocycles. The molecule has 0 saturated heterocycles. The average Bonchev–Trinajstić information content (AvgIpc) is 2.90. The number of methoxy groups -OCH3 is 1. The third-order valence-corrected chi connectivity index (χ3v) is 6.34. The van der Waals surface area contributed by atoms with Crippen LogP contribution in [-0.2, 0) is 19.4 Å². The fourth-order valence-corrected chi connectivity index (χ4v) is 4.19. The zero-order valence-corrected chi connectivity index (χ0v) is 20.9. The maximum atomic E-state index is 14.5. The topological polar surface area (TPSA) is 60.2 Å². The molecule has 0 atom stereocenters. The van der Waals surface area contributed by atoms with Crippen molar-refractivity contribution < 1.29 is 9.13 Å². The van der Waals surface area contributed by atoms with Crippen LogP contribution in [0.4, 0.5) is 4.39 Å². The Morgan fingerprint density at radius 2 is 1.83 bits per heavy atom. The number of likely N-dealkylation sites (N-methyl/N-ethyl adjacent to an activating group) is 1. The van der Waals surface area contributed by atoms with Crippen LogP contribution in [0.25, 0.3) is 11.1 Å². The molecule has 0 N–H and O–H groups in total. The lowest BCUT2D eigenvalue weighted by molar-refractivity contribution is 0.311. The van der Waals surface area contributed by atoms with Crippen LogP contribution in [-0.4, -0.2) is 46.9 Å². The summed E-state index contributed by atoms with van der Waals surface area (Å²) in [6.45, 7) is 3.74. The van der Waals surface area contributed by atoms with Crippen molar-refractivity contribution in [2.24, 2.45) is 0 Å². The van der Waals surface area contributed by atoms with Crippen LogP contribution < -0.4 is 10.3 Å². The Morgan fingerprint density at radius 1 is 1.03 bits per heavy atom. The molecule has 36 heavy (non-hydrogen) atoms. The van der Waals surface area contributed by atoms with Crippen molar-refractivity contribution in [3.8, 4) is 16.9 Å². The number of nitrogens with zero attached hydrogens (tertiary/aromatic N) is 4. The van der Waals surface area contributed by atoms with E-state index in [9.17, 15) is 9.18 Å². The van der Waals surface area contributed by atoms with Crippen LogP contribution in [0.3, 0.4) is 0 Å². The first-order valence-corrected chi connectivity index (χ1v) is 12.0. The first-order valence-electron chi connectivity index (χ1n) is 12.0. The molecule has 4 aromatic rings. The molecule has 0 aliphatic rings. The molecule has 0 spiro atoms. The lowest BCUT2D eigenvalue weighted by Crippen LogP contribution is -2.33. The van der Waals surface area contributed by atoms with Gasteiger partial charge in [-0.05, 0) is 61.0 Å². The van der Waals surface area contributed by atoms with Crippen molar-refractivity contribution in [3.05, 3.63) is 112 Å². The molecule has 0 amide bonds. The molecule has 0 aliphatic carbocycles. The van der Waals surface area contributed by atoms with Gasteiger partial charge in [-0.2, -0.15) is 5.10 Å². The smallest absolute Gasteiger partial charge is 0.274 e. The van der Waals surface area contributed by atoms with Crippen LogP contribution in [0, 0.1) is 12.7 Å². The Hall–Kier alpha value is -3.84. The quantitative estimate of drug-likeness (QED) is 0.330. The SMILES string of the molecule is COc1cccc(-c2c(C)c(Cc3ccccc3F)nn(CCN(C)CCc3ccccn3)c2=O)c1. The third kappa shape index (κ3) is 6.04. The van der Waals surface area contributed by atoms with Crippen molar-refractivity contribution >= 4 is 0 Å². The lowest BCUT2D eigenvalue weighted by Gasteiger charge is -2.19. The number of halogens is 1. The first kappa shape index (κ1) is 25.3. The molecule has 2 aromatic carbocycles. The summed E-state index contributed by atoms with van der Waals surface area (Å²) in [5, 5.41) is 4.69. The molecule has 0 unspecified atom stereocenters. The minimum Gasteiger partial charge on any atom is -0.497 e. The highest BCUT2D eigenvalue weighted by Gasteiger charge is 2.18. The first-order chi connectivity index (χ1) is 17.5. The van der Waals surface area contributed by atoms with Gasteiger partial charge in [0.2, 0.25) is 0 Å². The van der Waals surface area contributed by atoms with Crippen LogP contribution in [0.2, 0.25) is 0 Å². The second-order valence-corrected chi connectivity index (χ2v) is 8.85. The highest BCUT2D eigenvalue weighted by molar-refractivity contribution is 5.68. The zero-order chi connectivity index (χ0) is 25.5. The Balaban J connectivity index is 1.64. The zero-order valence-electron chi connectivity index (χ0n) is 20.9. The predicted octanol–water partition coefficient (Wildman–Crippen LogP) is 4.53. The number of pyridine rings is 1. The van der Waals surface area contributed by atoms with E-state index in [-0.39, 0.29) is 11.4 Å². The molecule has 0 saturated carbocycles. The maximum absolute atomic E-state index is 14.5. The van der Waals surface area contributed by atoms with E-state index in [1.165, 1.54) is 10.7 Å². The predicted molar refractivity (Wildman–Crippen MR) is 140 cm³/mol. The molecule has 6 nitrogen and oxygen atoms in total. The summed E-state index contributed by atoms with van der Waals surface area (Å²) in [7, 11) is 3.62. The van der Waals surface area contributed by atoms with Gasteiger partial charge in [0.25, 0.3) is 5.56 Å². The number of rotatable bonds is 10. The highest BCUT2D eigenvalue weighted by atomic mass is 19.1. The second kappa shape index (κ2) is 11.7. The van der Waals surface area contributed by atoms with E-state index in [2.05, 4.69) is 9.88 Å². The fraction of sp³-hybridized carbons (Fsp3) is 0.276. The van der Waals surface area contributed by atoms with Crippen LogP contribution in [0.15, 0.2) is 77.7 Å². The van der Waals surface area contributed by atoms with Gasteiger partial charge < -0.3 is 9.64 Å². The van der Waals surface area contributed by atoms with Gasteiger partial charge in [-0.3, -0.25) is 9.78 Å². The number of benzene rings is 2. The Morgan fingerprint density at radius 3 is 2.58 bits per heavy atom. The third-order valence-electron chi connectivity index (χ3n) is 6.34. The summed E-state index contributed by atoms with van der Waals surface area (Å²) in [6, 6.07) is 20.0. The van der Waals surface area contributed by atoms with E-state index in [0.717, 1.165) is 29.8 Å². The standard InChI is InChI=1S/C29H31FN4O2/c1-21-27(20-22-9-4-5-13-26(22)30)32-34(18-17-33(2)16-14-24-11-6-7-15-31-24)29(35)28(21)23-10-8-12-25(19-23)36-3/h4-13,15,19H,14,16-18,20H2,1-3H3. The number of aromatic nitrogens is 3. The molecular weight excluding hydrogens is 455 g/mol. The molecule has 7 heteroatoms. The van der Waals surface area contributed by atoms with Gasteiger partial charge in [-0.25, -0.2) is 9.07 Å². The number of ether oxygens (including phenoxy) is 1. The summed E-state index contributed by atoms with van der Waals surface area (Å²) < 4.78 is 21.4. The van der Waals surface area contributed by atoms with Crippen LogP contribution in [0.1, 0.15) is 22.5 Å². The summed E-state index contributed by atoms with van der Waals surface area (Å²) >= 11 is 0. The maximum Gasteiger partial charge on any atom is 0.274 e. The van der Waals surface area contributed by atoms with Gasteiger partial charge in [0.1, 0.15) is 11.6 Å². The van der Waals surface area contributed by atoms with Crippen LogP contribution >= 0.6 is 0 Å². The van der Waals surface area contributed by atoms with E-state index >= 15 is 0 Å². The molecular formula is C29H31FN4O2. The molecule has 186 valence electrons. The molecule has 2 heterocycles. The van der Waals surface area contributed by atoms with E-state index in [1.807, 2.05) is 62.5 Å². The van der Waals surface area contributed by atoms with Gasteiger partial charge in [0.05, 0.1) is 24.9 Å². The summed E-state index contributed by atoms with van der Waals surface area (Å²) in [5.41, 5.74) is 4.14. The average molecular weight is 487 g/mol. The summed E-state index contributed by atoms with van der Waals surface area (Å²) in [4.78, 5) is 20.1. The monoisotopic (exact) mass is 486 g/mol. The lowest BCUT2D eigenvalue weighted by atomic mass is 9.98. The minimum atomic E-state index is -0.284.